The van der Waals surface area contributed by atoms with Crippen molar-refractivity contribution < 1.29 is 9.47 Å². The Morgan fingerprint density at radius 2 is 1.70 bits per heavy atom. The second kappa shape index (κ2) is 6.35. The van der Waals surface area contributed by atoms with Gasteiger partial charge in [0.05, 0.1) is 18.0 Å². The van der Waals surface area contributed by atoms with Crippen LogP contribution in [0.5, 0.6) is 11.5 Å². The van der Waals surface area contributed by atoms with Crippen molar-refractivity contribution in [3.63, 3.8) is 0 Å². The zero-order valence-electron chi connectivity index (χ0n) is 10.8. The van der Waals surface area contributed by atoms with Gasteiger partial charge in [0.2, 0.25) is 0 Å². The standard InChI is InChI=1S/C16H14BrIO2/c17-16(11-3-1-4-13(18)9-11)12-5-6-14-15(10-12)20-8-2-7-19-14/h1,3-6,9-10,16H,2,7-8H2. The molecule has 1 unspecified atom stereocenters. The van der Waals surface area contributed by atoms with E-state index in [0.717, 1.165) is 24.5 Å². The summed E-state index contributed by atoms with van der Waals surface area (Å²) in [4.78, 5) is 0.161. The van der Waals surface area contributed by atoms with Crippen molar-refractivity contribution in [2.24, 2.45) is 0 Å². The minimum absolute atomic E-state index is 0.161. The monoisotopic (exact) mass is 444 g/mol. The molecule has 20 heavy (non-hydrogen) atoms. The molecule has 2 aromatic rings. The Morgan fingerprint density at radius 3 is 2.50 bits per heavy atom. The van der Waals surface area contributed by atoms with Crippen LogP contribution in [0.15, 0.2) is 42.5 Å². The first-order valence-electron chi connectivity index (χ1n) is 6.53. The molecule has 0 N–H and O–H groups in total. The fraction of sp³-hybridized carbons (Fsp3) is 0.250. The van der Waals surface area contributed by atoms with Crippen LogP contribution in [0.25, 0.3) is 0 Å². The molecule has 3 rings (SSSR count). The first kappa shape index (κ1) is 14.2. The van der Waals surface area contributed by atoms with Gasteiger partial charge in [-0.25, -0.2) is 0 Å². The highest BCUT2D eigenvalue weighted by Crippen LogP contribution is 2.37. The van der Waals surface area contributed by atoms with Gasteiger partial charge in [-0.1, -0.05) is 34.1 Å². The summed E-state index contributed by atoms with van der Waals surface area (Å²) >= 11 is 6.11. The molecule has 1 aliphatic rings. The maximum absolute atomic E-state index is 5.75. The van der Waals surface area contributed by atoms with Crippen LogP contribution in [-0.4, -0.2) is 13.2 Å². The normalized spacial score (nSPS) is 15.5. The van der Waals surface area contributed by atoms with Crippen molar-refractivity contribution in [1.82, 2.24) is 0 Å². The van der Waals surface area contributed by atoms with Gasteiger partial charge in [-0.3, -0.25) is 0 Å². The number of halogens is 2. The number of ether oxygens (including phenoxy) is 2. The molecule has 0 aromatic heterocycles. The Kier molecular flexibility index (Phi) is 4.51. The average molecular weight is 445 g/mol. The van der Waals surface area contributed by atoms with E-state index in [1.807, 2.05) is 6.07 Å². The Labute approximate surface area is 140 Å². The third-order valence-electron chi connectivity index (χ3n) is 3.21. The van der Waals surface area contributed by atoms with Gasteiger partial charge in [0.15, 0.2) is 11.5 Å². The third kappa shape index (κ3) is 3.11. The second-order valence-electron chi connectivity index (χ2n) is 4.67. The van der Waals surface area contributed by atoms with Gasteiger partial charge in [0.25, 0.3) is 0 Å². The summed E-state index contributed by atoms with van der Waals surface area (Å²) in [6.07, 6.45) is 0.929. The van der Waals surface area contributed by atoms with E-state index in [9.17, 15) is 0 Å². The van der Waals surface area contributed by atoms with E-state index >= 15 is 0 Å². The summed E-state index contributed by atoms with van der Waals surface area (Å²) in [5.74, 6) is 1.68. The van der Waals surface area contributed by atoms with Gasteiger partial charge in [-0.05, 0) is 58.0 Å². The number of benzene rings is 2. The van der Waals surface area contributed by atoms with Crippen molar-refractivity contribution >= 4 is 38.5 Å². The molecule has 2 nitrogen and oxygen atoms in total. The summed E-state index contributed by atoms with van der Waals surface area (Å²) < 4.78 is 12.7. The molecule has 4 heteroatoms. The smallest absolute Gasteiger partial charge is 0.161 e. The number of hydrogen-bond donors (Lipinski definition) is 0. The largest absolute Gasteiger partial charge is 0.490 e. The summed E-state index contributed by atoms with van der Waals surface area (Å²) in [7, 11) is 0. The lowest BCUT2D eigenvalue weighted by Gasteiger charge is -2.14. The van der Waals surface area contributed by atoms with Crippen LogP contribution in [0.4, 0.5) is 0 Å². The van der Waals surface area contributed by atoms with Gasteiger partial charge >= 0.3 is 0 Å². The van der Waals surface area contributed by atoms with Gasteiger partial charge in [0.1, 0.15) is 0 Å². The Hall–Kier alpha value is -0.750. The Morgan fingerprint density at radius 1 is 0.950 bits per heavy atom. The molecule has 0 saturated heterocycles. The van der Waals surface area contributed by atoms with Gasteiger partial charge in [-0.15, -0.1) is 0 Å². The predicted molar refractivity (Wildman–Crippen MR) is 92.0 cm³/mol. The number of fused-ring (bicyclic) bond motifs is 1. The molecule has 1 heterocycles. The first-order valence-corrected chi connectivity index (χ1v) is 8.52. The minimum atomic E-state index is 0.161. The van der Waals surface area contributed by atoms with Gasteiger partial charge in [-0.2, -0.15) is 0 Å². The van der Waals surface area contributed by atoms with E-state index in [4.69, 9.17) is 9.47 Å². The molecule has 0 spiro atoms. The zero-order chi connectivity index (χ0) is 13.9. The van der Waals surface area contributed by atoms with Crippen LogP contribution >= 0.6 is 38.5 Å². The number of hydrogen-bond acceptors (Lipinski definition) is 2. The first-order chi connectivity index (χ1) is 9.74. The van der Waals surface area contributed by atoms with Crippen molar-refractivity contribution in [3.8, 4) is 11.5 Å². The maximum atomic E-state index is 5.75. The van der Waals surface area contributed by atoms with E-state index in [2.05, 4.69) is 74.9 Å². The molecule has 0 saturated carbocycles. The molecule has 0 amide bonds. The maximum Gasteiger partial charge on any atom is 0.161 e. The fourth-order valence-electron chi connectivity index (χ4n) is 2.19. The molecule has 0 bridgehead atoms. The van der Waals surface area contributed by atoms with Crippen LogP contribution < -0.4 is 9.47 Å². The third-order valence-corrected chi connectivity index (χ3v) is 4.93. The van der Waals surface area contributed by atoms with Crippen molar-refractivity contribution in [1.29, 1.82) is 0 Å². The molecule has 1 aliphatic heterocycles. The topological polar surface area (TPSA) is 18.5 Å². The lowest BCUT2D eigenvalue weighted by atomic mass is 10.0. The summed E-state index contributed by atoms with van der Waals surface area (Å²) in [6, 6.07) is 14.6. The van der Waals surface area contributed by atoms with Crippen molar-refractivity contribution in [2.75, 3.05) is 13.2 Å². The molecular weight excluding hydrogens is 431 g/mol. The minimum Gasteiger partial charge on any atom is -0.490 e. The molecule has 0 radical (unpaired) electrons. The van der Waals surface area contributed by atoms with E-state index in [1.165, 1.54) is 14.7 Å². The molecule has 1 atom stereocenters. The van der Waals surface area contributed by atoms with Gasteiger partial charge < -0.3 is 9.47 Å². The van der Waals surface area contributed by atoms with Crippen LogP contribution in [-0.2, 0) is 0 Å². The van der Waals surface area contributed by atoms with E-state index in [1.54, 1.807) is 0 Å². The molecule has 0 aliphatic carbocycles. The number of alkyl halides is 1. The second-order valence-corrected chi connectivity index (χ2v) is 6.84. The highest BCUT2D eigenvalue weighted by molar-refractivity contribution is 14.1. The van der Waals surface area contributed by atoms with E-state index < -0.39 is 0 Å². The van der Waals surface area contributed by atoms with Crippen LogP contribution in [0, 0.1) is 3.57 Å². The predicted octanol–water partition coefficient (Wildman–Crippen LogP) is 4.94. The van der Waals surface area contributed by atoms with Crippen LogP contribution in [0.1, 0.15) is 22.4 Å². The highest BCUT2D eigenvalue weighted by atomic mass is 127. The van der Waals surface area contributed by atoms with Crippen molar-refractivity contribution in [3.05, 3.63) is 57.2 Å². The van der Waals surface area contributed by atoms with Gasteiger partial charge in [0, 0.05) is 9.99 Å². The van der Waals surface area contributed by atoms with E-state index in [-0.39, 0.29) is 4.83 Å². The Bertz CT molecular complexity index is 615. The average Bonchev–Trinajstić information content (AvgIpc) is 2.71. The fourth-order valence-corrected chi connectivity index (χ4v) is 3.33. The summed E-state index contributed by atoms with van der Waals surface area (Å²) in [5.41, 5.74) is 2.42. The molecule has 0 fully saturated rings. The molecule has 2 aromatic carbocycles. The lowest BCUT2D eigenvalue weighted by molar-refractivity contribution is 0.297. The summed E-state index contributed by atoms with van der Waals surface area (Å²) in [5, 5.41) is 0. The molecular formula is C16H14BrIO2. The highest BCUT2D eigenvalue weighted by Gasteiger charge is 2.16. The van der Waals surface area contributed by atoms with E-state index in [0.29, 0.717) is 6.61 Å². The van der Waals surface area contributed by atoms with Crippen LogP contribution in [0.3, 0.4) is 0 Å². The van der Waals surface area contributed by atoms with Crippen molar-refractivity contribution in [2.45, 2.75) is 11.2 Å². The lowest BCUT2D eigenvalue weighted by Crippen LogP contribution is -1.97. The number of rotatable bonds is 2. The SMILES string of the molecule is BrC(c1cccc(I)c1)c1ccc2c(c1)OCCCO2. The zero-order valence-corrected chi connectivity index (χ0v) is 14.6. The quantitative estimate of drug-likeness (QED) is 0.482. The Balaban J connectivity index is 1.92. The van der Waals surface area contributed by atoms with Crippen LogP contribution in [0.2, 0.25) is 0 Å². The molecule has 104 valence electrons. The summed E-state index contributed by atoms with van der Waals surface area (Å²) in [6.45, 7) is 1.44.